The second-order valence-corrected chi connectivity index (χ2v) is 5.75. The van der Waals surface area contributed by atoms with E-state index in [9.17, 15) is 0 Å². The third-order valence-electron chi connectivity index (χ3n) is 4.15. The van der Waals surface area contributed by atoms with Crippen LogP contribution in [0.5, 0.6) is 0 Å². The van der Waals surface area contributed by atoms with Crippen molar-refractivity contribution < 1.29 is 0 Å². The average molecular weight is 410 g/mol. The van der Waals surface area contributed by atoms with Crippen molar-refractivity contribution in [3.05, 3.63) is 0 Å². The first-order valence-corrected chi connectivity index (χ1v) is 8.46. The van der Waals surface area contributed by atoms with Crippen LogP contribution >= 0.6 is 24.0 Å². The van der Waals surface area contributed by atoms with Crippen LogP contribution in [-0.2, 0) is 0 Å². The Labute approximate surface area is 148 Å². The van der Waals surface area contributed by atoms with Gasteiger partial charge in [0.05, 0.1) is 6.54 Å². The lowest BCUT2D eigenvalue weighted by molar-refractivity contribution is 0.161. The van der Waals surface area contributed by atoms with E-state index < -0.39 is 0 Å². The minimum Gasteiger partial charge on any atom is -0.357 e. The van der Waals surface area contributed by atoms with Crippen LogP contribution in [-0.4, -0.2) is 61.6 Å². The molecule has 0 saturated carbocycles. The first-order chi connectivity index (χ1) is 9.72. The van der Waals surface area contributed by atoms with Crippen molar-refractivity contribution in [2.24, 2.45) is 4.99 Å². The second kappa shape index (κ2) is 12.5. The van der Waals surface area contributed by atoms with Crippen molar-refractivity contribution >= 4 is 29.9 Å². The van der Waals surface area contributed by atoms with Crippen molar-refractivity contribution in [2.45, 2.75) is 58.9 Å². The van der Waals surface area contributed by atoms with Crippen LogP contribution in [0.2, 0.25) is 0 Å². The molecule has 0 aliphatic carbocycles. The normalized spacial score (nSPS) is 20.0. The number of hydrogen-bond acceptors (Lipinski definition) is 2. The number of rotatable bonds is 7. The summed E-state index contributed by atoms with van der Waals surface area (Å²) in [7, 11) is 2.15. The highest BCUT2D eigenvalue weighted by Crippen LogP contribution is 2.16. The van der Waals surface area contributed by atoms with Crippen LogP contribution < -0.4 is 5.32 Å². The molecule has 1 fully saturated rings. The number of guanidine groups is 1. The van der Waals surface area contributed by atoms with Crippen LogP contribution in [0.1, 0.15) is 52.9 Å². The molecule has 0 aromatic rings. The summed E-state index contributed by atoms with van der Waals surface area (Å²) in [5.74, 6) is 1.07. The fourth-order valence-electron chi connectivity index (χ4n) is 2.85. The summed E-state index contributed by atoms with van der Waals surface area (Å²) < 4.78 is 0. The molecule has 1 heterocycles. The zero-order chi connectivity index (χ0) is 14.8. The number of likely N-dealkylation sites (N-methyl/N-ethyl adjacent to an activating group) is 1. The van der Waals surface area contributed by atoms with Crippen molar-refractivity contribution in [1.29, 1.82) is 0 Å². The topological polar surface area (TPSA) is 30.9 Å². The predicted octanol–water partition coefficient (Wildman–Crippen LogP) is 3.18. The molecule has 0 aromatic carbocycles. The molecular formula is C16H35IN4. The molecule has 5 heteroatoms. The van der Waals surface area contributed by atoms with E-state index in [-0.39, 0.29) is 24.0 Å². The summed E-state index contributed by atoms with van der Waals surface area (Å²) in [5.41, 5.74) is 0. The van der Waals surface area contributed by atoms with Crippen LogP contribution in [0, 0.1) is 0 Å². The summed E-state index contributed by atoms with van der Waals surface area (Å²) in [6.45, 7) is 12.0. The first-order valence-electron chi connectivity index (χ1n) is 8.46. The summed E-state index contributed by atoms with van der Waals surface area (Å²) in [4.78, 5) is 9.73. The number of hydrogen-bond donors (Lipinski definition) is 1. The number of aliphatic imine (C=N–C) groups is 1. The Balaban J connectivity index is 0.00000400. The zero-order valence-corrected chi connectivity index (χ0v) is 16.7. The molecule has 1 atom stereocenters. The molecule has 0 amide bonds. The van der Waals surface area contributed by atoms with Gasteiger partial charge in [0.15, 0.2) is 5.96 Å². The van der Waals surface area contributed by atoms with Gasteiger partial charge < -0.3 is 10.2 Å². The summed E-state index contributed by atoms with van der Waals surface area (Å²) in [6.07, 6.45) is 6.47. The van der Waals surface area contributed by atoms with Gasteiger partial charge in [-0.15, -0.1) is 24.0 Å². The SMILES string of the molecule is CCCCN(C)C(=NCC1CCCCN1CC)NCC.I. The predicted molar refractivity (Wildman–Crippen MR) is 104 cm³/mol. The number of unbranched alkanes of at least 4 members (excludes halogenated alkanes) is 1. The van der Waals surface area contributed by atoms with E-state index in [0.29, 0.717) is 6.04 Å². The molecule has 4 nitrogen and oxygen atoms in total. The highest BCUT2D eigenvalue weighted by molar-refractivity contribution is 14.0. The van der Waals surface area contributed by atoms with Crippen molar-refractivity contribution in [1.82, 2.24) is 15.1 Å². The molecule has 1 N–H and O–H groups in total. The zero-order valence-electron chi connectivity index (χ0n) is 14.4. The van der Waals surface area contributed by atoms with E-state index >= 15 is 0 Å². The molecule has 0 aromatic heterocycles. The Morgan fingerprint density at radius 3 is 2.67 bits per heavy atom. The number of likely N-dealkylation sites (tertiary alicyclic amines) is 1. The minimum atomic E-state index is 0. The Kier molecular flexibility index (Phi) is 12.5. The van der Waals surface area contributed by atoms with Crippen LogP contribution in [0.25, 0.3) is 0 Å². The smallest absolute Gasteiger partial charge is 0.193 e. The third kappa shape index (κ3) is 7.68. The van der Waals surface area contributed by atoms with E-state index in [1.807, 2.05) is 0 Å². The molecule has 1 unspecified atom stereocenters. The largest absolute Gasteiger partial charge is 0.357 e. The van der Waals surface area contributed by atoms with E-state index in [0.717, 1.165) is 32.1 Å². The average Bonchev–Trinajstić information content (AvgIpc) is 2.49. The monoisotopic (exact) mass is 410 g/mol. The van der Waals surface area contributed by atoms with E-state index in [4.69, 9.17) is 4.99 Å². The van der Waals surface area contributed by atoms with Crippen LogP contribution in [0.4, 0.5) is 0 Å². The maximum atomic E-state index is 4.88. The Bertz CT molecular complexity index is 283. The van der Waals surface area contributed by atoms with E-state index in [1.54, 1.807) is 0 Å². The molecule has 1 rings (SSSR count). The third-order valence-corrected chi connectivity index (χ3v) is 4.15. The quantitative estimate of drug-likeness (QED) is 0.397. The lowest BCUT2D eigenvalue weighted by Crippen LogP contribution is -2.43. The molecule has 21 heavy (non-hydrogen) atoms. The molecule has 0 radical (unpaired) electrons. The van der Waals surface area contributed by atoms with Gasteiger partial charge in [-0.05, 0) is 39.3 Å². The van der Waals surface area contributed by atoms with Gasteiger partial charge in [0.1, 0.15) is 0 Å². The molecule has 0 bridgehead atoms. The fourth-order valence-corrected chi connectivity index (χ4v) is 2.85. The standard InChI is InChI=1S/C16H34N4.HI/c1-5-8-12-19(4)16(17-6-2)18-14-15-11-9-10-13-20(15)7-3;/h15H,5-14H2,1-4H3,(H,17,18);1H. The first kappa shape index (κ1) is 21.0. The van der Waals surface area contributed by atoms with Gasteiger partial charge in [0, 0.05) is 26.2 Å². The minimum absolute atomic E-state index is 0. The van der Waals surface area contributed by atoms with Crippen molar-refractivity contribution in [3.63, 3.8) is 0 Å². The summed E-state index contributed by atoms with van der Waals surface area (Å²) in [5, 5.41) is 3.42. The highest BCUT2D eigenvalue weighted by Gasteiger charge is 2.20. The van der Waals surface area contributed by atoms with Gasteiger partial charge >= 0.3 is 0 Å². The fraction of sp³-hybridized carbons (Fsp3) is 0.938. The lowest BCUT2D eigenvalue weighted by atomic mass is 10.0. The lowest BCUT2D eigenvalue weighted by Gasteiger charge is -2.34. The summed E-state index contributed by atoms with van der Waals surface area (Å²) >= 11 is 0. The van der Waals surface area contributed by atoms with E-state index in [2.05, 4.69) is 42.9 Å². The molecule has 126 valence electrons. The molecule has 1 aliphatic heterocycles. The maximum absolute atomic E-state index is 4.88. The Hall–Kier alpha value is -0.0400. The van der Waals surface area contributed by atoms with Gasteiger partial charge in [-0.25, -0.2) is 0 Å². The van der Waals surface area contributed by atoms with Gasteiger partial charge in [-0.2, -0.15) is 0 Å². The molecular weight excluding hydrogens is 375 g/mol. The van der Waals surface area contributed by atoms with Gasteiger partial charge in [0.2, 0.25) is 0 Å². The van der Waals surface area contributed by atoms with Crippen molar-refractivity contribution in [2.75, 3.05) is 39.8 Å². The summed E-state index contributed by atoms with van der Waals surface area (Å²) in [6, 6.07) is 0.641. The second-order valence-electron chi connectivity index (χ2n) is 5.75. The molecule has 1 aliphatic rings. The maximum Gasteiger partial charge on any atom is 0.193 e. The number of piperidine rings is 1. The Morgan fingerprint density at radius 2 is 2.05 bits per heavy atom. The number of nitrogens with one attached hydrogen (secondary N) is 1. The van der Waals surface area contributed by atoms with Crippen LogP contribution in [0.15, 0.2) is 4.99 Å². The van der Waals surface area contributed by atoms with Crippen LogP contribution in [0.3, 0.4) is 0 Å². The number of halogens is 1. The Morgan fingerprint density at radius 1 is 1.29 bits per heavy atom. The van der Waals surface area contributed by atoms with Crippen molar-refractivity contribution in [3.8, 4) is 0 Å². The van der Waals surface area contributed by atoms with Gasteiger partial charge in [-0.3, -0.25) is 9.89 Å². The van der Waals surface area contributed by atoms with Gasteiger partial charge in [-0.1, -0.05) is 26.7 Å². The van der Waals surface area contributed by atoms with E-state index in [1.165, 1.54) is 38.6 Å². The highest BCUT2D eigenvalue weighted by atomic mass is 127. The number of nitrogens with zero attached hydrogens (tertiary/aromatic N) is 3. The van der Waals surface area contributed by atoms with Gasteiger partial charge in [0.25, 0.3) is 0 Å². The molecule has 1 saturated heterocycles. The molecule has 0 spiro atoms.